The summed E-state index contributed by atoms with van der Waals surface area (Å²) in [5.74, 6) is 0.706. The summed E-state index contributed by atoms with van der Waals surface area (Å²) in [7, 11) is 0. The molecule has 1 heterocycles. The molecule has 0 saturated heterocycles. The zero-order valence-electron chi connectivity index (χ0n) is 16.7. The number of aliphatic imine (C=N–C) groups is 1. The second-order valence-electron chi connectivity index (χ2n) is 7.15. The molecular formula is C19H31F3N4OS. The third-order valence-corrected chi connectivity index (χ3v) is 5.94. The van der Waals surface area contributed by atoms with Crippen molar-refractivity contribution in [1.82, 2.24) is 15.6 Å². The van der Waals surface area contributed by atoms with Gasteiger partial charge in [-0.25, -0.2) is 4.98 Å². The van der Waals surface area contributed by atoms with E-state index in [-0.39, 0.29) is 5.41 Å². The Balaban J connectivity index is 1.88. The van der Waals surface area contributed by atoms with Gasteiger partial charge in [0.15, 0.2) is 11.7 Å². The highest BCUT2D eigenvalue weighted by Crippen LogP contribution is 2.41. The molecule has 1 aliphatic rings. The van der Waals surface area contributed by atoms with Gasteiger partial charge in [0, 0.05) is 44.6 Å². The SMILES string of the molecule is CCNC(=NCC1(CCOCC)CCCC1)NCCc1nc(C(F)(F)F)cs1. The second-order valence-corrected chi connectivity index (χ2v) is 8.09. The second kappa shape index (κ2) is 11.0. The van der Waals surface area contributed by atoms with Gasteiger partial charge in [0.05, 0.1) is 5.01 Å². The molecule has 1 aliphatic carbocycles. The van der Waals surface area contributed by atoms with Crippen molar-refractivity contribution in [2.75, 3.05) is 32.8 Å². The van der Waals surface area contributed by atoms with Crippen LogP contribution in [0.1, 0.15) is 56.7 Å². The first-order chi connectivity index (χ1) is 13.4. The van der Waals surface area contributed by atoms with Crippen molar-refractivity contribution >= 4 is 17.3 Å². The maximum Gasteiger partial charge on any atom is 0.434 e. The zero-order chi connectivity index (χ0) is 20.5. The molecule has 28 heavy (non-hydrogen) atoms. The predicted molar refractivity (Wildman–Crippen MR) is 107 cm³/mol. The standard InChI is InChI=1S/C19H31F3N4OS/c1-3-23-17(24-11-7-16-26-15(13-28-16)19(20,21)22)25-14-18(8-5-6-9-18)10-12-27-4-2/h13H,3-12,14H2,1-2H3,(H2,23,24,25). The van der Waals surface area contributed by atoms with Gasteiger partial charge >= 0.3 is 6.18 Å². The van der Waals surface area contributed by atoms with E-state index in [0.29, 0.717) is 23.9 Å². The van der Waals surface area contributed by atoms with Crippen molar-refractivity contribution in [2.45, 2.75) is 58.5 Å². The summed E-state index contributed by atoms with van der Waals surface area (Å²) >= 11 is 1.04. The molecule has 0 amide bonds. The van der Waals surface area contributed by atoms with E-state index in [1.54, 1.807) is 0 Å². The quantitative estimate of drug-likeness (QED) is 0.338. The molecule has 1 aromatic rings. The molecule has 1 aromatic heterocycles. The Labute approximate surface area is 169 Å². The normalized spacial score (nSPS) is 17.1. The summed E-state index contributed by atoms with van der Waals surface area (Å²) in [5, 5.41) is 7.97. The monoisotopic (exact) mass is 420 g/mol. The average Bonchev–Trinajstić information content (AvgIpc) is 3.30. The lowest BCUT2D eigenvalue weighted by atomic mass is 9.83. The van der Waals surface area contributed by atoms with Gasteiger partial charge in [-0.05, 0) is 38.5 Å². The lowest BCUT2D eigenvalue weighted by molar-refractivity contribution is -0.140. The first-order valence-corrected chi connectivity index (χ1v) is 10.9. The van der Waals surface area contributed by atoms with Crippen LogP contribution in [-0.2, 0) is 17.3 Å². The van der Waals surface area contributed by atoms with Crippen LogP contribution in [0.2, 0.25) is 0 Å². The van der Waals surface area contributed by atoms with Gasteiger partial charge < -0.3 is 15.4 Å². The molecule has 2 N–H and O–H groups in total. The molecule has 0 unspecified atom stereocenters. The summed E-state index contributed by atoms with van der Waals surface area (Å²) in [6.07, 6.45) is 1.87. The Kier molecular flexibility index (Phi) is 9.01. The van der Waals surface area contributed by atoms with Crippen LogP contribution in [0, 0.1) is 5.41 Å². The Morgan fingerprint density at radius 1 is 1.29 bits per heavy atom. The minimum atomic E-state index is -4.38. The number of thiazole rings is 1. The van der Waals surface area contributed by atoms with Crippen molar-refractivity contribution in [1.29, 1.82) is 0 Å². The van der Waals surface area contributed by atoms with Gasteiger partial charge in [-0.3, -0.25) is 4.99 Å². The van der Waals surface area contributed by atoms with Crippen molar-refractivity contribution in [3.8, 4) is 0 Å². The number of aromatic nitrogens is 1. The molecule has 0 aromatic carbocycles. The minimum Gasteiger partial charge on any atom is -0.382 e. The summed E-state index contributed by atoms with van der Waals surface area (Å²) < 4.78 is 43.5. The maximum absolute atomic E-state index is 12.6. The van der Waals surface area contributed by atoms with Crippen LogP contribution in [0.15, 0.2) is 10.4 Å². The fourth-order valence-corrected chi connectivity index (χ4v) is 4.28. The van der Waals surface area contributed by atoms with Crippen molar-refractivity contribution in [3.05, 3.63) is 16.1 Å². The number of alkyl halides is 3. The highest BCUT2D eigenvalue weighted by molar-refractivity contribution is 7.09. The third kappa shape index (κ3) is 7.24. The van der Waals surface area contributed by atoms with Crippen molar-refractivity contribution < 1.29 is 17.9 Å². The first-order valence-electron chi connectivity index (χ1n) is 10.00. The van der Waals surface area contributed by atoms with E-state index in [1.165, 1.54) is 25.7 Å². The lowest BCUT2D eigenvalue weighted by Crippen LogP contribution is -2.39. The van der Waals surface area contributed by atoms with E-state index in [4.69, 9.17) is 9.73 Å². The van der Waals surface area contributed by atoms with Crippen molar-refractivity contribution in [3.63, 3.8) is 0 Å². The molecular weight excluding hydrogens is 389 g/mol. The smallest absolute Gasteiger partial charge is 0.382 e. The van der Waals surface area contributed by atoms with Crippen LogP contribution in [0.5, 0.6) is 0 Å². The van der Waals surface area contributed by atoms with Gasteiger partial charge in [0.25, 0.3) is 0 Å². The van der Waals surface area contributed by atoms with E-state index in [1.807, 2.05) is 13.8 Å². The molecule has 1 saturated carbocycles. The number of guanidine groups is 1. The minimum absolute atomic E-state index is 0.203. The molecule has 0 aliphatic heterocycles. The molecule has 5 nitrogen and oxygen atoms in total. The molecule has 0 bridgehead atoms. The summed E-state index contributed by atoms with van der Waals surface area (Å²) in [4.78, 5) is 8.43. The lowest BCUT2D eigenvalue weighted by Gasteiger charge is -2.27. The number of nitrogens with zero attached hydrogens (tertiary/aromatic N) is 2. The van der Waals surface area contributed by atoms with Crippen LogP contribution in [-0.4, -0.2) is 43.8 Å². The van der Waals surface area contributed by atoms with Crippen LogP contribution in [0.4, 0.5) is 13.2 Å². The average molecular weight is 421 g/mol. The fraction of sp³-hybridized carbons (Fsp3) is 0.789. The van der Waals surface area contributed by atoms with Gasteiger partial charge in [0.2, 0.25) is 0 Å². The van der Waals surface area contributed by atoms with E-state index in [0.717, 1.165) is 49.4 Å². The van der Waals surface area contributed by atoms with Gasteiger partial charge in [-0.15, -0.1) is 11.3 Å². The Morgan fingerprint density at radius 3 is 2.64 bits per heavy atom. The number of halogens is 3. The molecule has 160 valence electrons. The molecule has 0 spiro atoms. The molecule has 0 atom stereocenters. The van der Waals surface area contributed by atoms with Gasteiger partial charge in [0.1, 0.15) is 0 Å². The number of ether oxygens (including phenoxy) is 1. The Morgan fingerprint density at radius 2 is 2.04 bits per heavy atom. The van der Waals surface area contributed by atoms with Crippen LogP contribution < -0.4 is 10.6 Å². The van der Waals surface area contributed by atoms with E-state index in [9.17, 15) is 13.2 Å². The Bertz CT molecular complexity index is 613. The van der Waals surface area contributed by atoms with E-state index < -0.39 is 11.9 Å². The van der Waals surface area contributed by atoms with Crippen LogP contribution >= 0.6 is 11.3 Å². The number of hydrogen-bond acceptors (Lipinski definition) is 4. The van der Waals surface area contributed by atoms with Crippen LogP contribution in [0.3, 0.4) is 0 Å². The summed E-state index contributed by atoms with van der Waals surface area (Å²) in [5.41, 5.74) is -0.611. The molecule has 2 rings (SSSR count). The molecule has 1 fully saturated rings. The first kappa shape index (κ1) is 22.9. The Hall–Kier alpha value is -1.35. The van der Waals surface area contributed by atoms with E-state index in [2.05, 4.69) is 15.6 Å². The molecule has 0 radical (unpaired) electrons. The fourth-order valence-electron chi connectivity index (χ4n) is 3.48. The zero-order valence-corrected chi connectivity index (χ0v) is 17.5. The summed E-state index contributed by atoms with van der Waals surface area (Å²) in [6.45, 7) is 7.46. The topological polar surface area (TPSA) is 58.5 Å². The predicted octanol–water partition coefficient (Wildman–Crippen LogP) is 4.25. The van der Waals surface area contributed by atoms with E-state index >= 15 is 0 Å². The van der Waals surface area contributed by atoms with Gasteiger partial charge in [-0.1, -0.05) is 12.8 Å². The van der Waals surface area contributed by atoms with Crippen molar-refractivity contribution in [2.24, 2.45) is 10.4 Å². The highest BCUT2D eigenvalue weighted by Gasteiger charge is 2.34. The number of rotatable bonds is 10. The third-order valence-electron chi connectivity index (χ3n) is 5.04. The summed E-state index contributed by atoms with van der Waals surface area (Å²) in [6, 6.07) is 0. The molecule has 9 heteroatoms. The van der Waals surface area contributed by atoms with Gasteiger partial charge in [-0.2, -0.15) is 13.2 Å². The van der Waals surface area contributed by atoms with Crippen LogP contribution in [0.25, 0.3) is 0 Å². The number of hydrogen-bond donors (Lipinski definition) is 2. The highest BCUT2D eigenvalue weighted by atomic mass is 32.1. The largest absolute Gasteiger partial charge is 0.434 e. The maximum atomic E-state index is 12.6. The number of nitrogens with one attached hydrogen (secondary N) is 2.